The first-order valence-corrected chi connectivity index (χ1v) is 9.00. The van der Waals surface area contributed by atoms with Crippen molar-refractivity contribution in [2.24, 2.45) is 0 Å². The number of ether oxygens (including phenoxy) is 1. The van der Waals surface area contributed by atoms with E-state index in [-0.39, 0.29) is 50.0 Å². The Morgan fingerprint density at radius 3 is 2.62 bits per heavy atom. The Labute approximate surface area is 162 Å². The fourth-order valence-corrected chi connectivity index (χ4v) is 3.54. The third kappa shape index (κ3) is 3.96. The van der Waals surface area contributed by atoms with Gasteiger partial charge in [-0.05, 0) is 30.2 Å². The second kappa shape index (κ2) is 7.05. The average molecular weight is 416 g/mol. The minimum Gasteiger partial charge on any atom is -0.369 e. The predicted octanol–water partition coefficient (Wildman–Crippen LogP) is 2.63. The molecule has 6 nitrogen and oxygen atoms in total. The molecule has 11 heteroatoms. The largest absolute Gasteiger partial charge is 0.451 e. The van der Waals surface area contributed by atoms with Gasteiger partial charge in [-0.15, -0.1) is 10.2 Å². The highest BCUT2D eigenvalue weighted by Gasteiger charge is 2.43. The number of amides is 1. The van der Waals surface area contributed by atoms with E-state index in [0.29, 0.717) is 17.5 Å². The molecule has 29 heavy (non-hydrogen) atoms. The summed E-state index contributed by atoms with van der Waals surface area (Å²) in [6.45, 7) is 1.69. The monoisotopic (exact) mass is 416 g/mol. The van der Waals surface area contributed by atoms with Crippen molar-refractivity contribution in [3.8, 4) is 0 Å². The number of fused-ring (bicyclic) bond motifs is 1. The van der Waals surface area contributed by atoms with Crippen LogP contribution in [0.25, 0.3) is 0 Å². The molecule has 2 aromatic rings. The topological polar surface area (TPSA) is 63.6 Å². The number of nitrogens with zero attached hydrogens (tertiary/aromatic N) is 4. The highest BCUT2D eigenvalue weighted by Crippen LogP contribution is 2.32. The summed E-state index contributed by atoms with van der Waals surface area (Å²) in [6.07, 6.45) is -4.82. The van der Waals surface area contributed by atoms with Crippen LogP contribution < -0.4 is 0 Å². The van der Waals surface area contributed by atoms with Gasteiger partial charge >= 0.3 is 6.18 Å². The van der Waals surface area contributed by atoms with Crippen LogP contribution in [0.3, 0.4) is 0 Å². The van der Waals surface area contributed by atoms with E-state index in [1.54, 1.807) is 6.92 Å². The summed E-state index contributed by atoms with van der Waals surface area (Å²) in [4.78, 5) is 13.9. The molecule has 4 rings (SSSR count). The predicted molar refractivity (Wildman–Crippen MR) is 88.5 cm³/mol. The van der Waals surface area contributed by atoms with Gasteiger partial charge in [0.2, 0.25) is 11.7 Å². The van der Waals surface area contributed by atoms with E-state index in [1.165, 1.54) is 4.90 Å². The van der Waals surface area contributed by atoms with Gasteiger partial charge < -0.3 is 14.2 Å². The average Bonchev–Trinajstić information content (AvgIpc) is 3.20. The molecule has 0 spiro atoms. The van der Waals surface area contributed by atoms with Gasteiger partial charge in [-0.3, -0.25) is 4.79 Å². The van der Waals surface area contributed by atoms with Crippen molar-refractivity contribution in [3.63, 3.8) is 0 Å². The molecule has 156 valence electrons. The first kappa shape index (κ1) is 19.7. The summed E-state index contributed by atoms with van der Waals surface area (Å²) < 4.78 is 71.7. The van der Waals surface area contributed by atoms with Crippen LogP contribution in [-0.4, -0.2) is 44.3 Å². The molecule has 2 atom stereocenters. The first-order chi connectivity index (χ1) is 13.6. The number of epoxide rings is 1. The standard InChI is InChI=1S/C18H17F5N4O2/c1-9-4-11(19)12(20)5-10(9)6-13-14(29-13)7-16(28)26-2-3-27-15(8-26)24-25-17(27)18(21,22)23/h4-5,13-14H,2-3,6-8H2,1H3/t13-,14+/m1/s1. The van der Waals surface area contributed by atoms with Gasteiger partial charge in [0, 0.05) is 19.5 Å². The van der Waals surface area contributed by atoms with E-state index in [2.05, 4.69) is 10.2 Å². The molecule has 2 aliphatic rings. The molecule has 2 aliphatic heterocycles. The quantitative estimate of drug-likeness (QED) is 0.568. The zero-order valence-corrected chi connectivity index (χ0v) is 15.3. The van der Waals surface area contributed by atoms with Crippen LogP contribution in [0.15, 0.2) is 12.1 Å². The Bertz CT molecular complexity index is 958. The van der Waals surface area contributed by atoms with Gasteiger partial charge in [0.05, 0.1) is 25.2 Å². The molecule has 1 saturated heterocycles. The van der Waals surface area contributed by atoms with E-state index in [9.17, 15) is 26.7 Å². The minimum atomic E-state index is -4.59. The van der Waals surface area contributed by atoms with Gasteiger partial charge in [-0.2, -0.15) is 13.2 Å². The second-order valence-corrected chi connectivity index (χ2v) is 7.22. The number of aryl methyl sites for hydroxylation is 1. The fourth-order valence-electron chi connectivity index (χ4n) is 3.54. The molecule has 0 radical (unpaired) electrons. The Hall–Kier alpha value is -2.56. The molecule has 0 unspecified atom stereocenters. The summed E-state index contributed by atoms with van der Waals surface area (Å²) in [6, 6.07) is 2.24. The molecule has 0 aliphatic carbocycles. The number of rotatable bonds is 4. The lowest BCUT2D eigenvalue weighted by molar-refractivity contribution is -0.148. The van der Waals surface area contributed by atoms with Crippen molar-refractivity contribution < 1.29 is 31.5 Å². The number of hydrogen-bond donors (Lipinski definition) is 0. The molecule has 1 aromatic carbocycles. The second-order valence-electron chi connectivity index (χ2n) is 7.22. The molecule has 0 N–H and O–H groups in total. The Morgan fingerprint density at radius 1 is 1.17 bits per heavy atom. The fraction of sp³-hybridized carbons (Fsp3) is 0.500. The SMILES string of the molecule is Cc1cc(F)c(F)cc1C[C@H]1O[C@H]1CC(=O)N1CCn2c(nnc2C(F)(F)F)C1. The van der Waals surface area contributed by atoms with Gasteiger partial charge in [-0.25, -0.2) is 8.78 Å². The highest BCUT2D eigenvalue weighted by atomic mass is 19.4. The van der Waals surface area contributed by atoms with Crippen molar-refractivity contribution >= 4 is 5.91 Å². The molecule has 1 fully saturated rings. The van der Waals surface area contributed by atoms with Crippen LogP contribution >= 0.6 is 0 Å². The summed E-state index contributed by atoms with van der Waals surface area (Å²) in [5.41, 5.74) is 1.20. The lowest BCUT2D eigenvalue weighted by atomic mass is 10.0. The van der Waals surface area contributed by atoms with Crippen molar-refractivity contribution in [1.82, 2.24) is 19.7 Å². The number of hydrogen-bond acceptors (Lipinski definition) is 4. The maximum atomic E-state index is 13.4. The molecule has 0 bridgehead atoms. The molecule has 3 heterocycles. The van der Waals surface area contributed by atoms with Crippen LogP contribution in [0.4, 0.5) is 22.0 Å². The van der Waals surface area contributed by atoms with E-state index >= 15 is 0 Å². The van der Waals surface area contributed by atoms with Crippen molar-refractivity contribution in [2.45, 2.75) is 51.2 Å². The normalized spacial score (nSPS) is 21.2. The Balaban J connectivity index is 1.33. The van der Waals surface area contributed by atoms with Crippen molar-refractivity contribution in [3.05, 3.63) is 46.5 Å². The van der Waals surface area contributed by atoms with Crippen LogP contribution in [0.1, 0.15) is 29.2 Å². The van der Waals surface area contributed by atoms with Gasteiger partial charge in [0.15, 0.2) is 17.5 Å². The van der Waals surface area contributed by atoms with E-state index in [1.807, 2.05) is 0 Å². The number of alkyl halides is 3. The third-order valence-electron chi connectivity index (χ3n) is 5.22. The van der Waals surface area contributed by atoms with Crippen LogP contribution in [-0.2, 0) is 35.2 Å². The Kier molecular flexibility index (Phi) is 4.80. The lowest BCUT2D eigenvalue weighted by Crippen LogP contribution is -2.39. The number of halogens is 5. The number of carbonyl (C=O) groups is 1. The summed E-state index contributed by atoms with van der Waals surface area (Å²) >= 11 is 0. The molecule has 1 aromatic heterocycles. The molecular formula is C18H17F5N4O2. The number of carbonyl (C=O) groups excluding carboxylic acids is 1. The van der Waals surface area contributed by atoms with Crippen LogP contribution in [0.2, 0.25) is 0 Å². The first-order valence-electron chi connectivity index (χ1n) is 9.00. The zero-order valence-electron chi connectivity index (χ0n) is 15.3. The third-order valence-corrected chi connectivity index (χ3v) is 5.22. The summed E-state index contributed by atoms with van der Waals surface area (Å²) in [7, 11) is 0. The summed E-state index contributed by atoms with van der Waals surface area (Å²) in [5, 5.41) is 6.73. The molecular weight excluding hydrogens is 399 g/mol. The minimum absolute atomic E-state index is 0.0358. The Morgan fingerprint density at radius 2 is 1.90 bits per heavy atom. The van der Waals surface area contributed by atoms with E-state index < -0.39 is 23.6 Å². The molecule has 0 saturated carbocycles. The molecule has 1 amide bonds. The van der Waals surface area contributed by atoms with Crippen LogP contribution in [0, 0.1) is 18.6 Å². The van der Waals surface area contributed by atoms with Gasteiger partial charge in [0.1, 0.15) is 0 Å². The number of aromatic nitrogens is 3. The summed E-state index contributed by atoms with van der Waals surface area (Å²) in [5.74, 6) is -3.09. The maximum absolute atomic E-state index is 13.4. The van der Waals surface area contributed by atoms with E-state index in [4.69, 9.17) is 4.74 Å². The van der Waals surface area contributed by atoms with E-state index in [0.717, 1.165) is 16.7 Å². The highest BCUT2D eigenvalue weighted by molar-refractivity contribution is 5.77. The van der Waals surface area contributed by atoms with Crippen molar-refractivity contribution in [2.75, 3.05) is 6.54 Å². The zero-order chi connectivity index (χ0) is 20.9. The number of benzene rings is 1. The lowest BCUT2D eigenvalue weighted by Gasteiger charge is -2.28. The van der Waals surface area contributed by atoms with Crippen molar-refractivity contribution in [1.29, 1.82) is 0 Å². The van der Waals surface area contributed by atoms with Gasteiger partial charge in [0.25, 0.3) is 0 Å². The maximum Gasteiger partial charge on any atom is 0.451 e. The smallest absolute Gasteiger partial charge is 0.369 e. The van der Waals surface area contributed by atoms with Crippen LogP contribution in [0.5, 0.6) is 0 Å². The van der Waals surface area contributed by atoms with Gasteiger partial charge in [-0.1, -0.05) is 0 Å².